The standard InChI is InChI=1S/C26H28ClN5O2/c1-25(2,3)18-8-10-19(11-9-18)32-23(33)26(4,5)31(24(32)34)16-17-12-14-28-21(15-17)30-20-7-6-13-29-22(20)27/h6-15H,16H2,1-5H3,(H,28,30). The number of anilines is 3. The Hall–Kier alpha value is -3.45. The van der Waals surface area contributed by atoms with Crippen molar-refractivity contribution in [3.63, 3.8) is 0 Å². The van der Waals surface area contributed by atoms with Crippen molar-refractivity contribution in [3.8, 4) is 0 Å². The molecule has 34 heavy (non-hydrogen) atoms. The first-order valence-electron chi connectivity index (χ1n) is 11.1. The second kappa shape index (κ2) is 8.72. The van der Waals surface area contributed by atoms with Crippen molar-refractivity contribution in [2.24, 2.45) is 0 Å². The van der Waals surface area contributed by atoms with E-state index >= 15 is 0 Å². The minimum absolute atomic E-state index is 0.0179. The summed E-state index contributed by atoms with van der Waals surface area (Å²) < 4.78 is 0. The third-order valence-electron chi connectivity index (χ3n) is 6.00. The summed E-state index contributed by atoms with van der Waals surface area (Å²) in [6.07, 6.45) is 3.26. The largest absolute Gasteiger partial charge is 0.338 e. The number of nitrogens with zero attached hydrogens (tertiary/aromatic N) is 4. The summed E-state index contributed by atoms with van der Waals surface area (Å²) in [5, 5.41) is 3.48. The molecule has 1 saturated heterocycles. The predicted octanol–water partition coefficient (Wildman–Crippen LogP) is 5.92. The van der Waals surface area contributed by atoms with E-state index in [1.807, 2.05) is 36.4 Å². The number of rotatable bonds is 5. The molecule has 1 aliphatic heterocycles. The smallest absolute Gasteiger partial charge is 0.332 e. The van der Waals surface area contributed by atoms with E-state index < -0.39 is 5.54 Å². The molecule has 7 nitrogen and oxygen atoms in total. The fraction of sp³-hybridized carbons (Fsp3) is 0.308. The topological polar surface area (TPSA) is 78.4 Å². The van der Waals surface area contributed by atoms with Crippen LogP contribution in [0.3, 0.4) is 0 Å². The number of amides is 3. The highest BCUT2D eigenvalue weighted by Gasteiger charge is 2.51. The molecule has 1 fully saturated rings. The molecule has 0 bridgehead atoms. The van der Waals surface area contributed by atoms with Crippen LogP contribution in [0.15, 0.2) is 60.9 Å². The Bertz CT molecular complexity index is 1230. The average molecular weight is 478 g/mol. The molecule has 0 radical (unpaired) electrons. The van der Waals surface area contributed by atoms with Crippen LogP contribution in [-0.4, -0.2) is 32.3 Å². The molecular formula is C26H28ClN5O2. The van der Waals surface area contributed by atoms with Gasteiger partial charge in [-0.25, -0.2) is 19.7 Å². The summed E-state index contributed by atoms with van der Waals surface area (Å²) in [7, 11) is 0. The lowest BCUT2D eigenvalue weighted by Gasteiger charge is -2.27. The quantitative estimate of drug-likeness (QED) is 0.364. The maximum absolute atomic E-state index is 13.4. The van der Waals surface area contributed by atoms with Crippen molar-refractivity contribution in [1.29, 1.82) is 0 Å². The van der Waals surface area contributed by atoms with Gasteiger partial charge < -0.3 is 10.2 Å². The summed E-state index contributed by atoms with van der Waals surface area (Å²) in [4.78, 5) is 37.9. The van der Waals surface area contributed by atoms with Crippen molar-refractivity contribution >= 4 is 40.7 Å². The molecule has 0 unspecified atom stereocenters. The van der Waals surface area contributed by atoms with Crippen LogP contribution in [0.5, 0.6) is 0 Å². The van der Waals surface area contributed by atoms with E-state index in [0.29, 0.717) is 22.3 Å². The Morgan fingerprint density at radius 1 is 1.00 bits per heavy atom. The van der Waals surface area contributed by atoms with Gasteiger partial charge in [0.15, 0.2) is 5.15 Å². The van der Waals surface area contributed by atoms with Crippen LogP contribution in [0.4, 0.5) is 22.0 Å². The number of benzene rings is 1. The van der Waals surface area contributed by atoms with Crippen molar-refractivity contribution in [3.05, 3.63) is 77.2 Å². The molecule has 0 spiro atoms. The van der Waals surface area contributed by atoms with Gasteiger partial charge in [0.25, 0.3) is 5.91 Å². The Kier molecular flexibility index (Phi) is 6.08. The van der Waals surface area contributed by atoms with Gasteiger partial charge in [-0.2, -0.15) is 0 Å². The number of imide groups is 1. The molecule has 1 aliphatic rings. The minimum atomic E-state index is -0.997. The molecule has 176 valence electrons. The molecule has 3 aromatic rings. The molecule has 1 aromatic carbocycles. The molecule has 0 aliphatic carbocycles. The number of nitrogens with one attached hydrogen (secondary N) is 1. The van der Waals surface area contributed by atoms with E-state index in [-0.39, 0.29) is 23.9 Å². The van der Waals surface area contributed by atoms with Crippen LogP contribution in [-0.2, 0) is 16.8 Å². The molecule has 3 amide bonds. The first kappa shape index (κ1) is 23.7. The Morgan fingerprint density at radius 3 is 2.35 bits per heavy atom. The Morgan fingerprint density at radius 2 is 1.71 bits per heavy atom. The fourth-order valence-corrected chi connectivity index (χ4v) is 4.05. The average Bonchev–Trinajstić information content (AvgIpc) is 2.94. The molecule has 2 aromatic heterocycles. The normalized spacial score (nSPS) is 15.7. The second-order valence-corrected chi connectivity index (χ2v) is 10.2. The van der Waals surface area contributed by atoms with Gasteiger partial charge in [-0.3, -0.25) is 4.79 Å². The molecule has 1 N–H and O–H groups in total. The highest BCUT2D eigenvalue weighted by Crippen LogP contribution is 2.34. The van der Waals surface area contributed by atoms with Gasteiger partial charge in [-0.15, -0.1) is 0 Å². The van der Waals surface area contributed by atoms with E-state index in [1.54, 1.807) is 43.3 Å². The number of carbonyl (C=O) groups is 2. The first-order valence-corrected chi connectivity index (χ1v) is 11.5. The summed E-state index contributed by atoms with van der Waals surface area (Å²) in [6.45, 7) is 10.2. The van der Waals surface area contributed by atoms with Gasteiger partial charge in [-0.05, 0) is 66.8 Å². The number of pyridine rings is 2. The molecule has 4 rings (SSSR count). The SMILES string of the molecule is CC(C)(C)c1ccc(N2C(=O)N(Cc3ccnc(Nc4cccnc4Cl)c3)C(C)(C)C2=O)cc1. The number of urea groups is 1. The van der Waals surface area contributed by atoms with E-state index in [9.17, 15) is 9.59 Å². The van der Waals surface area contributed by atoms with Gasteiger partial charge in [0.2, 0.25) is 0 Å². The van der Waals surface area contributed by atoms with E-state index in [4.69, 9.17) is 11.6 Å². The first-order chi connectivity index (χ1) is 16.0. The monoisotopic (exact) mass is 477 g/mol. The minimum Gasteiger partial charge on any atom is -0.338 e. The van der Waals surface area contributed by atoms with Crippen molar-refractivity contribution in [1.82, 2.24) is 14.9 Å². The predicted molar refractivity (Wildman–Crippen MR) is 134 cm³/mol. The van der Waals surface area contributed by atoms with Gasteiger partial charge in [0.1, 0.15) is 11.4 Å². The van der Waals surface area contributed by atoms with Crippen molar-refractivity contribution < 1.29 is 9.59 Å². The maximum atomic E-state index is 13.4. The van der Waals surface area contributed by atoms with Crippen molar-refractivity contribution in [2.45, 2.75) is 52.1 Å². The van der Waals surface area contributed by atoms with E-state index in [0.717, 1.165) is 11.1 Å². The van der Waals surface area contributed by atoms with Crippen LogP contribution in [0, 0.1) is 0 Å². The number of halogens is 1. The zero-order chi connectivity index (χ0) is 24.7. The Labute approximate surface area is 204 Å². The van der Waals surface area contributed by atoms with Gasteiger partial charge in [0, 0.05) is 18.9 Å². The molecule has 8 heteroatoms. The van der Waals surface area contributed by atoms with Gasteiger partial charge >= 0.3 is 6.03 Å². The lowest BCUT2D eigenvalue weighted by Crippen LogP contribution is -2.43. The lowest BCUT2D eigenvalue weighted by molar-refractivity contribution is -0.123. The number of carbonyl (C=O) groups excluding carboxylic acids is 2. The number of hydrogen-bond acceptors (Lipinski definition) is 5. The molecular weight excluding hydrogens is 450 g/mol. The second-order valence-electron chi connectivity index (χ2n) is 9.88. The lowest BCUT2D eigenvalue weighted by atomic mass is 9.87. The van der Waals surface area contributed by atoms with E-state index in [1.165, 1.54) is 4.90 Å². The molecule has 3 heterocycles. The molecule has 0 atom stereocenters. The van der Waals surface area contributed by atoms with Crippen molar-refractivity contribution in [2.75, 3.05) is 10.2 Å². The third kappa shape index (κ3) is 4.48. The van der Waals surface area contributed by atoms with Crippen LogP contribution in [0.25, 0.3) is 0 Å². The van der Waals surface area contributed by atoms with Gasteiger partial charge in [-0.1, -0.05) is 44.5 Å². The van der Waals surface area contributed by atoms with E-state index in [2.05, 4.69) is 36.1 Å². The zero-order valence-corrected chi connectivity index (χ0v) is 20.7. The fourth-order valence-electron chi connectivity index (χ4n) is 3.88. The maximum Gasteiger partial charge on any atom is 0.332 e. The van der Waals surface area contributed by atoms with Crippen LogP contribution in [0.1, 0.15) is 45.7 Å². The number of aromatic nitrogens is 2. The van der Waals surface area contributed by atoms with Gasteiger partial charge in [0.05, 0.1) is 11.4 Å². The summed E-state index contributed by atoms with van der Waals surface area (Å²) in [5.41, 5.74) is 2.15. The van der Waals surface area contributed by atoms with Crippen LogP contribution >= 0.6 is 11.6 Å². The van der Waals surface area contributed by atoms with Crippen LogP contribution in [0.2, 0.25) is 5.15 Å². The summed E-state index contributed by atoms with van der Waals surface area (Å²) >= 11 is 6.14. The number of hydrogen-bond donors (Lipinski definition) is 1. The Balaban J connectivity index is 1.57. The highest BCUT2D eigenvalue weighted by atomic mass is 35.5. The summed E-state index contributed by atoms with van der Waals surface area (Å²) in [6, 6.07) is 14.5. The van der Waals surface area contributed by atoms with Crippen LogP contribution < -0.4 is 10.2 Å². The zero-order valence-electron chi connectivity index (χ0n) is 20.0. The molecule has 0 saturated carbocycles. The highest BCUT2D eigenvalue weighted by molar-refractivity contribution is 6.32. The third-order valence-corrected chi connectivity index (χ3v) is 6.30. The summed E-state index contributed by atoms with van der Waals surface area (Å²) in [5.74, 6) is 0.313.